The molecule has 9 nitrogen and oxygen atoms in total. The van der Waals surface area contributed by atoms with Crippen molar-refractivity contribution in [2.24, 2.45) is 0 Å². The number of ether oxygens (including phenoxy) is 1. The average molecular weight is 512 g/mol. The van der Waals surface area contributed by atoms with Crippen LogP contribution < -0.4 is 10.2 Å². The zero-order chi connectivity index (χ0) is 26.1. The van der Waals surface area contributed by atoms with Gasteiger partial charge in [-0.1, -0.05) is 18.2 Å². The molecule has 0 bridgehead atoms. The van der Waals surface area contributed by atoms with Crippen LogP contribution in [0.3, 0.4) is 0 Å². The first-order valence-corrected chi connectivity index (χ1v) is 12.2. The quantitative estimate of drug-likeness (QED) is 0.650. The maximum absolute atomic E-state index is 13.8. The molecule has 3 heterocycles. The van der Waals surface area contributed by atoms with Gasteiger partial charge < -0.3 is 25.0 Å². The second-order valence-corrected chi connectivity index (χ2v) is 9.55. The van der Waals surface area contributed by atoms with Gasteiger partial charge in [0.15, 0.2) is 11.6 Å². The number of benzene rings is 2. The van der Waals surface area contributed by atoms with Crippen molar-refractivity contribution in [3.05, 3.63) is 65.2 Å². The number of aliphatic hydroxyl groups excluding tert-OH is 1. The van der Waals surface area contributed by atoms with Crippen molar-refractivity contribution in [3.8, 4) is 6.07 Å². The number of amides is 3. The van der Waals surface area contributed by atoms with Gasteiger partial charge in [0.2, 0.25) is 0 Å². The van der Waals surface area contributed by atoms with Crippen LogP contribution in [0.15, 0.2) is 42.5 Å². The molecule has 2 N–H and O–H groups in total. The Morgan fingerprint density at radius 1 is 1.11 bits per heavy atom. The molecule has 3 atom stereocenters. The molecule has 194 valence electrons. The molecule has 5 rings (SSSR count). The minimum Gasteiger partial charge on any atom is -0.446 e. The van der Waals surface area contributed by atoms with E-state index in [1.165, 1.54) is 11.0 Å². The standard InChI is InChI=1S/C26H27F2N5O4/c27-19-6-5-16(11-20(19)28)23-15-37-26(36)33(23)25(35)32-13-21(24(34)14-32)30-18-7-9-31(10-8-18)22-4-2-1-3-17(22)12-29/h1-6,11,18,21,23-24,30,34H,7-10,13-15H2/t21-,23?,24?/m0/s1. The number of carbonyl (C=O) groups is 2. The van der Waals surface area contributed by atoms with E-state index < -0.39 is 35.9 Å². The van der Waals surface area contributed by atoms with Crippen LogP contribution in [-0.2, 0) is 4.74 Å². The monoisotopic (exact) mass is 511 g/mol. The Morgan fingerprint density at radius 3 is 2.59 bits per heavy atom. The lowest BCUT2D eigenvalue weighted by atomic mass is 10.0. The number of anilines is 1. The number of nitrogens with one attached hydrogen (secondary N) is 1. The van der Waals surface area contributed by atoms with E-state index in [0.717, 1.165) is 48.7 Å². The number of hydrogen-bond acceptors (Lipinski definition) is 7. The summed E-state index contributed by atoms with van der Waals surface area (Å²) in [4.78, 5) is 30.1. The van der Waals surface area contributed by atoms with Crippen molar-refractivity contribution in [2.75, 3.05) is 37.7 Å². The Hall–Kier alpha value is -3.75. The number of para-hydroxylation sites is 1. The molecule has 3 aliphatic rings. The molecule has 11 heteroatoms. The van der Waals surface area contributed by atoms with Crippen molar-refractivity contribution in [2.45, 2.75) is 37.1 Å². The number of imide groups is 1. The highest BCUT2D eigenvalue weighted by Gasteiger charge is 2.45. The molecule has 3 saturated heterocycles. The third-order valence-corrected chi connectivity index (χ3v) is 7.28. The fourth-order valence-electron chi connectivity index (χ4n) is 5.29. The first kappa shape index (κ1) is 24.9. The van der Waals surface area contributed by atoms with E-state index in [2.05, 4.69) is 16.3 Å². The van der Waals surface area contributed by atoms with E-state index in [1.807, 2.05) is 18.2 Å². The van der Waals surface area contributed by atoms with Gasteiger partial charge in [-0.3, -0.25) is 0 Å². The molecule has 3 fully saturated rings. The first-order chi connectivity index (χ1) is 17.9. The SMILES string of the molecule is N#Cc1ccccc1N1CCC(N[C@H]2CN(C(=O)N3C(=O)OCC3c3ccc(F)c(F)c3)CC2O)CC1. The van der Waals surface area contributed by atoms with Crippen molar-refractivity contribution >= 4 is 17.8 Å². The molecule has 0 aliphatic carbocycles. The van der Waals surface area contributed by atoms with Crippen molar-refractivity contribution in [1.29, 1.82) is 5.26 Å². The molecule has 37 heavy (non-hydrogen) atoms. The van der Waals surface area contributed by atoms with Crippen molar-refractivity contribution in [3.63, 3.8) is 0 Å². The van der Waals surface area contributed by atoms with Gasteiger partial charge in [0.25, 0.3) is 0 Å². The largest absolute Gasteiger partial charge is 0.446 e. The van der Waals surface area contributed by atoms with E-state index in [9.17, 15) is 28.7 Å². The summed E-state index contributed by atoms with van der Waals surface area (Å²) in [6, 6.07) is 11.1. The van der Waals surface area contributed by atoms with Crippen LogP contribution >= 0.6 is 0 Å². The second kappa shape index (κ2) is 10.3. The number of cyclic esters (lactones) is 1. The van der Waals surface area contributed by atoms with Crippen molar-refractivity contribution in [1.82, 2.24) is 15.1 Å². The zero-order valence-electron chi connectivity index (χ0n) is 20.0. The van der Waals surface area contributed by atoms with Gasteiger partial charge in [-0.25, -0.2) is 23.3 Å². The number of likely N-dealkylation sites (tertiary alicyclic amines) is 1. The Kier molecular flexibility index (Phi) is 6.95. The van der Waals surface area contributed by atoms with Gasteiger partial charge in [0.05, 0.1) is 29.9 Å². The van der Waals surface area contributed by atoms with Crippen LogP contribution in [0.25, 0.3) is 0 Å². The molecule has 0 radical (unpaired) electrons. The molecule has 0 aromatic heterocycles. The maximum atomic E-state index is 13.8. The fraction of sp³-hybridized carbons (Fsp3) is 0.423. The minimum absolute atomic E-state index is 0.0270. The van der Waals surface area contributed by atoms with Crippen LogP contribution in [0.1, 0.15) is 30.0 Å². The Labute approximate surface area is 212 Å². The summed E-state index contributed by atoms with van der Waals surface area (Å²) < 4.78 is 32.2. The predicted octanol–water partition coefficient (Wildman–Crippen LogP) is 2.75. The fourth-order valence-corrected chi connectivity index (χ4v) is 5.29. The van der Waals surface area contributed by atoms with Gasteiger partial charge in [-0.05, 0) is 42.7 Å². The molecule has 2 aromatic rings. The molecule has 0 saturated carbocycles. The first-order valence-electron chi connectivity index (χ1n) is 12.2. The van der Waals surface area contributed by atoms with Crippen LogP contribution in [0.5, 0.6) is 0 Å². The van der Waals surface area contributed by atoms with Gasteiger partial charge >= 0.3 is 12.1 Å². The summed E-state index contributed by atoms with van der Waals surface area (Å²) in [5, 5.41) is 23.5. The Balaban J connectivity index is 1.20. The number of halogens is 2. The van der Waals surface area contributed by atoms with E-state index in [0.29, 0.717) is 5.56 Å². The van der Waals surface area contributed by atoms with E-state index in [4.69, 9.17) is 4.74 Å². The van der Waals surface area contributed by atoms with Gasteiger partial charge in [-0.2, -0.15) is 5.26 Å². The van der Waals surface area contributed by atoms with Crippen LogP contribution in [0.2, 0.25) is 0 Å². The lowest BCUT2D eigenvalue weighted by Gasteiger charge is -2.36. The highest BCUT2D eigenvalue weighted by atomic mass is 19.2. The number of piperidine rings is 1. The molecule has 3 amide bonds. The molecule has 2 unspecified atom stereocenters. The molecule has 0 spiro atoms. The summed E-state index contributed by atoms with van der Waals surface area (Å²) >= 11 is 0. The molecule has 2 aromatic carbocycles. The smallest absolute Gasteiger partial charge is 0.418 e. The zero-order valence-corrected chi connectivity index (χ0v) is 20.0. The predicted molar refractivity (Wildman–Crippen MR) is 129 cm³/mol. The van der Waals surface area contributed by atoms with Crippen molar-refractivity contribution < 1.29 is 28.2 Å². The van der Waals surface area contributed by atoms with Gasteiger partial charge in [-0.15, -0.1) is 0 Å². The number of nitrogens with zero attached hydrogens (tertiary/aromatic N) is 4. The van der Waals surface area contributed by atoms with E-state index in [-0.39, 0.29) is 37.3 Å². The number of rotatable bonds is 4. The number of aliphatic hydroxyl groups is 1. The lowest BCUT2D eigenvalue weighted by Crippen LogP contribution is -2.50. The minimum atomic E-state index is -1.08. The normalized spacial score (nSPS) is 24.3. The number of nitriles is 1. The Bertz CT molecular complexity index is 1230. The lowest BCUT2D eigenvalue weighted by molar-refractivity contribution is 0.133. The maximum Gasteiger partial charge on any atom is 0.418 e. The van der Waals surface area contributed by atoms with Crippen LogP contribution in [0, 0.1) is 23.0 Å². The summed E-state index contributed by atoms with van der Waals surface area (Å²) in [7, 11) is 0. The van der Waals surface area contributed by atoms with Gasteiger partial charge in [0, 0.05) is 25.7 Å². The Morgan fingerprint density at radius 2 is 1.86 bits per heavy atom. The van der Waals surface area contributed by atoms with Crippen LogP contribution in [0.4, 0.5) is 24.1 Å². The van der Waals surface area contributed by atoms with Crippen LogP contribution in [-0.4, -0.2) is 78.0 Å². The van der Waals surface area contributed by atoms with E-state index >= 15 is 0 Å². The summed E-state index contributed by atoms with van der Waals surface area (Å²) in [6.45, 7) is 1.54. The number of hydrogen-bond donors (Lipinski definition) is 2. The van der Waals surface area contributed by atoms with E-state index in [1.54, 1.807) is 6.07 Å². The summed E-state index contributed by atoms with van der Waals surface area (Å²) in [6.07, 6.45) is -0.0986. The highest BCUT2D eigenvalue weighted by Crippen LogP contribution is 2.31. The second-order valence-electron chi connectivity index (χ2n) is 9.55. The molecule has 3 aliphatic heterocycles. The van der Waals surface area contributed by atoms with Gasteiger partial charge in [0.1, 0.15) is 18.7 Å². The molecular weight excluding hydrogens is 484 g/mol. The third-order valence-electron chi connectivity index (χ3n) is 7.28. The summed E-state index contributed by atoms with van der Waals surface area (Å²) in [5.74, 6) is -2.10. The number of β-amino-alcohol motifs (C(OH)–C–C–N with tert-alkyl or cyclic N) is 1. The topological polar surface area (TPSA) is 109 Å². The number of carbonyl (C=O) groups excluding carboxylic acids is 2. The number of urea groups is 1. The third kappa shape index (κ3) is 4.95. The highest BCUT2D eigenvalue weighted by molar-refractivity contribution is 5.93. The average Bonchev–Trinajstić information content (AvgIpc) is 3.48. The summed E-state index contributed by atoms with van der Waals surface area (Å²) in [5.41, 5.74) is 1.79. The molecular formula is C26H27F2N5O4.